The molecule has 0 aliphatic carbocycles. The molecule has 0 aromatic heterocycles. The van der Waals surface area contributed by atoms with Gasteiger partial charge < -0.3 is 9.80 Å². The van der Waals surface area contributed by atoms with Crippen LogP contribution in [0.2, 0.25) is 0 Å². The van der Waals surface area contributed by atoms with Crippen LogP contribution < -0.4 is 4.90 Å². The van der Waals surface area contributed by atoms with Crippen molar-refractivity contribution in [1.82, 2.24) is 9.21 Å². The van der Waals surface area contributed by atoms with Crippen molar-refractivity contribution in [3.05, 3.63) is 72.3 Å². The lowest BCUT2D eigenvalue weighted by Crippen LogP contribution is -2.52. The molecule has 3 aromatic carbocycles. The standard InChI is InChI=1S/C27H28F3N3O3S/c28-27(29,30)23-6-3-7-24(19-23)31-14-16-32(17-15-31)26(34)21-10-12-33(13-11-21)37(35,36)25-9-8-20-4-1-2-5-22(20)18-25/h1-9,18-19,21H,10-17H2. The number of hydrogen-bond acceptors (Lipinski definition) is 4. The number of anilines is 1. The largest absolute Gasteiger partial charge is 0.416 e. The zero-order chi connectivity index (χ0) is 26.2. The molecule has 0 N–H and O–H groups in total. The number of carbonyl (C=O) groups is 1. The molecule has 6 nitrogen and oxygen atoms in total. The molecule has 2 aliphatic rings. The van der Waals surface area contributed by atoms with Crippen molar-refractivity contribution in [3.63, 3.8) is 0 Å². The Hall–Kier alpha value is -3.11. The van der Waals surface area contributed by atoms with Gasteiger partial charge in [-0.05, 0) is 53.9 Å². The first-order valence-electron chi connectivity index (χ1n) is 12.3. The molecule has 3 aromatic rings. The van der Waals surface area contributed by atoms with Crippen LogP contribution in [-0.4, -0.2) is 62.8 Å². The molecular formula is C27H28F3N3O3S. The van der Waals surface area contributed by atoms with Gasteiger partial charge in [-0.25, -0.2) is 8.42 Å². The summed E-state index contributed by atoms with van der Waals surface area (Å²) in [5.41, 5.74) is -0.192. The van der Waals surface area contributed by atoms with E-state index in [-0.39, 0.29) is 29.8 Å². The van der Waals surface area contributed by atoms with Crippen LogP contribution in [0.3, 0.4) is 0 Å². The van der Waals surface area contributed by atoms with Crippen molar-refractivity contribution >= 4 is 32.4 Å². The summed E-state index contributed by atoms with van der Waals surface area (Å²) < 4.78 is 67.1. The van der Waals surface area contributed by atoms with E-state index in [1.807, 2.05) is 29.2 Å². The fourth-order valence-corrected chi connectivity index (χ4v) is 6.65. The van der Waals surface area contributed by atoms with Gasteiger partial charge in [0.2, 0.25) is 15.9 Å². The fourth-order valence-electron chi connectivity index (χ4n) is 5.14. The highest BCUT2D eigenvalue weighted by Gasteiger charge is 2.35. The minimum atomic E-state index is -4.40. The number of sulfonamides is 1. The van der Waals surface area contributed by atoms with E-state index in [2.05, 4.69) is 0 Å². The number of piperazine rings is 1. The summed E-state index contributed by atoms with van der Waals surface area (Å²) in [6.45, 7) is 2.28. The number of hydrogen-bond donors (Lipinski definition) is 0. The molecule has 1 amide bonds. The number of alkyl halides is 3. The molecule has 0 bridgehead atoms. The van der Waals surface area contributed by atoms with Crippen LogP contribution in [0.4, 0.5) is 18.9 Å². The first-order chi connectivity index (χ1) is 17.6. The number of piperidine rings is 1. The summed E-state index contributed by atoms with van der Waals surface area (Å²) in [4.78, 5) is 17.0. The van der Waals surface area contributed by atoms with Crippen LogP contribution in [0.15, 0.2) is 71.6 Å². The van der Waals surface area contributed by atoms with Gasteiger partial charge in [0.15, 0.2) is 0 Å². The van der Waals surface area contributed by atoms with Crippen molar-refractivity contribution in [2.75, 3.05) is 44.2 Å². The van der Waals surface area contributed by atoms with Gasteiger partial charge in [-0.2, -0.15) is 17.5 Å². The van der Waals surface area contributed by atoms with Gasteiger partial charge in [-0.15, -0.1) is 0 Å². The van der Waals surface area contributed by atoms with E-state index in [1.54, 1.807) is 29.2 Å². The van der Waals surface area contributed by atoms with E-state index in [0.29, 0.717) is 44.7 Å². The molecule has 0 atom stereocenters. The predicted molar refractivity (Wildman–Crippen MR) is 136 cm³/mol. The highest BCUT2D eigenvalue weighted by molar-refractivity contribution is 7.89. The third-order valence-electron chi connectivity index (χ3n) is 7.29. The summed E-state index contributed by atoms with van der Waals surface area (Å²) >= 11 is 0. The van der Waals surface area contributed by atoms with Gasteiger partial charge in [0.05, 0.1) is 10.5 Å². The fraction of sp³-hybridized carbons (Fsp3) is 0.370. The Morgan fingerprint density at radius 3 is 2.14 bits per heavy atom. The highest BCUT2D eigenvalue weighted by Crippen LogP contribution is 2.32. The maximum absolute atomic E-state index is 13.2. The van der Waals surface area contributed by atoms with Crippen molar-refractivity contribution in [2.45, 2.75) is 23.9 Å². The number of amides is 1. The molecule has 10 heteroatoms. The molecule has 0 unspecified atom stereocenters. The van der Waals surface area contributed by atoms with Crippen LogP contribution in [0.1, 0.15) is 18.4 Å². The summed E-state index contributed by atoms with van der Waals surface area (Å²) in [6.07, 6.45) is -3.51. The molecule has 2 saturated heterocycles. The van der Waals surface area contributed by atoms with E-state index in [4.69, 9.17) is 0 Å². The number of nitrogens with zero attached hydrogens (tertiary/aromatic N) is 3. The molecule has 2 aliphatic heterocycles. The summed E-state index contributed by atoms with van der Waals surface area (Å²) in [5.74, 6) is -0.269. The lowest BCUT2D eigenvalue weighted by Gasteiger charge is -2.39. The average molecular weight is 532 g/mol. The average Bonchev–Trinajstić information content (AvgIpc) is 2.92. The molecule has 0 saturated carbocycles. The highest BCUT2D eigenvalue weighted by atomic mass is 32.2. The maximum Gasteiger partial charge on any atom is 0.416 e. The van der Waals surface area contributed by atoms with Gasteiger partial charge in [-0.1, -0.05) is 36.4 Å². The normalized spacial score (nSPS) is 18.4. The van der Waals surface area contributed by atoms with E-state index in [9.17, 15) is 26.4 Å². The molecular weight excluding hydrogens is 503 g/mol. The SMILES string of the molecule is O=C(C1CCN(S(=O)(=O)c2ccc3ccccc3c2)CC1)N1CCN(c2cccc(C(F)(F)F)c2)CC1. The molecule has 196 valence electrons. The van der Waals surface area contributed by atoms with Crippen LogP contribution >= 0.6 is 0 Å². The Bertz CT molecular complexity index is 1390. The first kappa shape index (κ1) is 25.5. The quantitative estimate of drug-likeness (QED) is 0.494. The lowest BCUT2D eigenvalue weighted by atomic mass is 9.96. The topological polar surface area (TPSA) is 60.9 Å². The Morgan fingerprint density at radius 1 is 0.784 bits per heavy atom. The Kier molecular flexibility index (Phi) is 6.89. The van der Waals surface area contributed by atoms with Crippen molar-refractivity contribution in [2.24, 2.45) is 5.92 Å². The van der Waals surface area contributed by atoms with Gasteiger partial charge in [0.25, 0.3) is 0 Å². The number of fused-ring (bicyclic) bond motifs is 1. The smallest absolute Gasteiger partial charge is 0.368 e. The molecule has 37 heavy (non-hydrogen) atoms. The van der Waals surface area contributed by atoms with E-state index in [1.165, 1.54) is 10.4 Å². The molecule has 0 radical (unpaired) electrons. The van der Waals surface area contributed by atoms with Crippen LogP contribution in [-0.2, 0) is 21.0 Å². The Labute approximate surface area is 214 Å². The summed E-state index contributed by atoms with van der Waals surface area (Å²) in [6, 6.07) is 17.9. The molecule has 5 rings (SSSR count). The lowest BCUT2D eigenvalue weighted by molar-refractivity contribution is -0.137. The van der Waals surface area contributed by atoms with Crippen LogP contribution in [0, 0.1) is 5.92 Å². The van der Waals surface area contributed by atoms with Crippen LogP contribution in [0.25, 0.3) is 10.8 Å². The third kappa shape index (κ3) is 5.31. The third-order valence-corrected chi connectivity index (χ3v) is 9.19. The van der Waals surface area contributed by atoms with E-state index in [0.717, 1.165) is 22.9 Å². The van der Waals surface area contributed by atoms with Gasteiger partial charge in [0.1, 0.15) is 0 Å². The van der Waals surface area contributed by atoms with Crippen molar-refractivity contribution < 1.29 is 26.4 Å². The summed E-state index contributed by atoms with van der Waals surface area (Å²) in [5, 5.41) is 1.83. The second-order valence-corrected chi connectivity index (χ2v) is 11.5. The Balaban J connectivity index is 1.17. The minimum absolute atomic E-state index is 0.00792. The van der Waals surface area contributed by atoms with Crippen LogP contribution in [0.5, 0.6) is 0 Å². The van der Waals surface area contributed by atoms with Crippen molar-refractivity contribution in [3.8, 4) is 0 Å². The maximum atomic E-state index is 13.2. The molecule has 2 heterocycles. The second kappa shape index (κ2) is 9.98. The number of rotatable bonds is 4. The zero-order valence-corrected chi connectivity index (χ0v) is 21.0. The molecule has 0 spiro atoms. The number of halogens is 3. The summed E-state index contributed by atoms with van der Waals surface area (Å²) in [7, 11) is -3.66. The minimum Gasteiger partial charge on any atom is -0.368 e. The van der Waals surface area contributed by atoms with Gasteiger partial charge in [-0.3, -0.25) is 4.79 Å². The first-order valence-corrected chi connectivity index (χ1v) is 13.8. The number of carbonyl (C=O) groups excluding carboxylic acids is 1. The Morgan fingerprint density at radius 2 is 1.46 bits per heavy atom. The second-order valence-electron chi connectivity index (χ2n) is 9.55. The van der Waals surface area contributed by atoms with Crippen molar-refractivity contribution in [1.29, 1.82) is 0 Å². The van der Waals surface area contributed by atoms with E-state index >= 15 is 0 Å². The van der Waals surface area contributed by atoms with Gasteiger partial charge in [0, 0.05) is 50.9 Å². The monoisotopic (exact) mass is 531 g/mol. The molecule has 2 fully saturated rings. The zero-order valence-electron chi connectivity index (χ0n) is 20.2. The number of benzene rings is 3. The van der Waals surface area contributed by atoms with E-state index < -0.39 is 21.8 Å². The predicted octanol–water partition coefficient (Wildman–Crippen LogP) is 4.61. The van der Waals surface area contributed by atoms with Gasteiger partial charge >= 0.3 is 6.18 Å².